The standard InChI is InChI=1S/C17H18N4O3S/c22-15-9-24-17(12-21(15)13-5-2-1-3-6-13)7-4-8-20(11-17)16(23)14-10-25-19-18-14/h1-3,5-6,10H,4,7-9,11-12H2. The van der Waals surface area contributed by atoms with E-state index in [0.717, 1.165) is 30.1 Å². The average Bonchev–Trinajstić information content (AvgIpc) is 3.19. The van der Waals surface area contributed by atoms with Crippen LogP contribution in [0.15, 0.2) is 35.7 Å². The largest absolute Gasteiger partial charge is 0.361 e. The highest BCUT2D eigenvalue weighted by Crippen LogP contribution is 2.32. The van der Waals surface area contributed by atoms with Crippen molar-refractivity contribution in [1.82, 2.24) is 14.5 Å². The Morgan fingerprint density at radius 1 is 1.24 bits per heavy atom. The number of para-hydroxylation sites is 1. The number of amides is 2. The van der Waals surface area contributed by atoms with Gasteiger partial charge in [-0.05, 0) is 36.5 Å². The van der Waals surface area contributed by atoms with E-state index in [9.17, 15) is 9.59 Å². The monoisotopic (exact) mass is 358 g/mol. The number of hydrogen-bond acceptors (Lipinski definition) is 6. The summed E-state index contributed by atoms with van der Waals surface area (Å²) >= 11 is 1.16. The van der Waals surface area contributed by atoms with Crippen LogP contribution in [-0.4, -0.2) is 58.1 Å². The molecule has 0 aliphatic carbocycles. The quantitative estimate of drug-likeness (QED) is 0.815. The maximum absolute atomic E-state index is 12.6. The van der Waals surface area contributed by atoms with E-state index >= 15 is 0 Å². The van der Waals surface area contributed by atoms with Gasteiger partial charge in [-0.2, -0.15) is 0 Å². The predicted molar refractivity (Wildman–Crippen MR) is 92.5 cm³/mol. The molecule has 7 nitrogen and oxygen atoms in total. The van der Waals surface area contributed by atoms with Gasteiger partial charge >= 0.3 is 0 Å². The summed E-state index contributed by atoms with van der Waals surface area (Å²) in [4.78, 5) is 28.5. The van der Waals surface area contributed by atoms with Crippen molar-refractivity contribution in [2.24, 2.45) is 0 Å². The van der Waals surface area contributed by atoms with Gasteiger partial charge < -0.3 is 14.5 Å². The van der Waals surface area contributed by atoms with E-state index in [1.165, 1.54) is 0 Å². The molecule has 1 aromatic heterocycles. The fraction of sp³-hybridized carbons (Fsp3) is 0.412. The number of aromatic nitrogens is 2. The Labute approximate surface area is 149 Å². The van der Waals surface area contributed by atoms with Crippen LogP contribution in [0.3, 0.4) is 0 Å². The first-order valence-electron chi connectivity index (χ1n) is 8.23. The van der Waals surface area contributed by atoms with Gasteiger partial charge in [0.2, 0.25) is 0 Å². The molecular formula is C17H18N4O3S. The minimum atomic E-state index is -0.527. The lowest BCUT2D eigenvalue weighted by atomic mass is 9.90. The third-order valence-electron chi connectivity index (χ3n) is 4.72. The minimum absolute atomic E-state index is 0.0369. The van der Waals surface area contributed by atoms with Crippen LogP contribution in [0.4, 0.5) is 5.69 Å². The summed E-state index contributed by atoms with van der Waals surface area (Å²) in [5.74, 6) is -0.177. The normalized spacial score (nSPS) is 23.9. The van der Waals surface area contributed by atoms with Gasteiger partial charge in [0.25, 0.3) is 11.8 Å². The van der Waals surface area contributed by atoms with Crippen molar-refractivity contribution in [2.45, 2.75) is 18.4 Å². The summed E-state index contributed by atoms with van der Waals surface area (Å²) in [5.41, 5.74) is 0.706. The van der Waals surface area contributed by atoms with Gasteiger partial charge in [0, 0.05) is 17.6 Å². The van der Waals surface area contributed by atoms with Gasteiger partial charge in [0.05, 0.1) is 13.1 Å². The number of ether oxygens (including phenoxy) is 1. The summed E-state index contributed by atoms with van der Waals surface area (Å²) in [6.07, 6.45) is 1.66. The summed E-state index contributed by atoms with van der Waals surface area (Å²) < 4.78 is 9.71. The first-order valence-corrected chi connectivity index (χ1v) is 9.06. The van der Waals surface area contributed by atoms with Gasteiger partial charge in [0.1, 0.15) is 12.2 Å². The summed E-state index contributed by atoms with van der Waals surface area (Å²) in [5, 5.41) is 5.53. The van der Waals surface area contributed by atoms with E-state index in [4.69, 9.17) is 4.74 Å². The molecule has 1 unspecified atom stereocenters. The molecule has 2 fully saturated rings. The van der Waals surface area contributed by atoms with E-state index in [1.54, 1.807) is 15.2 Å². The van der Waals surface area contributed by atoms with Crippen LogP contribution < -0.4 is 4.90 Å². The number of anilines is 1. The third kappa shape index (κ3) is 3.14. The van der Waals surface area contributed by atoms with E-state index in [0.29, 0.717) is 25.3 Å². The third-order valence-corrected chi connectivity index (χ3v) is 5.23. The van der Waals surface area contributed by atoms with Crippen LogP contribution in [0, 0.1) is 0 Å². The van der Waals surface area contributed by atoms with Crippen LogP contribution in [0.1, 0.15) is 23.3 Å². The lowest BCUT2D eigenvalue weighted by Gasteiger charge is -2.47. The van der Waals surface area contributed by atoms with E-state index < -0.39 is 5.60 Å². The zero-order valence-corrected chi connectivity index (χ0v) is 14.4. The maximum Gasteiger partial charge on any atom is 0.275 e. The molecular weight excluding hydrogens is 340 g/mol. The van der Waals surface area contributed by atoms with Crippen LogP contribution >= 0.6 is 11.5 Å². The SMILES string of the molecule is O=C(c1csnn1)N1CCCC2(C1)CN(c1ccccc1)C(=O)CO2. The Morgan fingerprint density at radius 2 is 2.08 bits per heavy atom. The molecule has 25 heavy (non-hydrogen) atoms. The zero-order valence-electron chi connectivity index (χ0n) is 13.6. The second-order valence-electron chi connectivity index (χ2n) is 6.41. The Morgan fingerprint density at radius 3 is 2.84 bits per heavy atom. The summed E-state index contributed by atoms with van der Waals surface area (Å²) in [7, 11) is 0. The van der Waals surface area contributed by atoms with E-state index in [1.807, 2.05) is 30.3 Å². The van der Waals surface area contributed by atoms with Gasteiger partial charge in [-0.25, -0.2) is 0 Å². The van der Waals surface area contributed by atoms with Crippen LogP contribution in [0.25, 0.3) is 0 Å². The molecule has 0 N–H and O–H groups in total. The fourth-order valence-electron chi connectivity index (χ4n) is 3.50. The molecule has 2 saturated heterocycles. The number of likely N-dealkylation sites (tertiary alicyclic amines) is 1. The Kier molecular flexibility index (Phi) is 4.22. The maximum atomic E-state index is 12.6. The van der Waals surface area contributed by atoms with Crippen molar-refractivity contribution >= 4 is 29.0 Å². The Balaban J connectivity index is 1.54. The molecule has 2 aliphatic heterocycles. The van der Waals surface area contributed by atoms with Crippen molar-refractivity contribution in [3.63, 3.8) is 0 Å². The van der Waals surface area contributed by atoms with Gasteiger partial charge in [0.15, 0.2) is 5.69 Å². The molecule has 0 saturated carbocycles. The second-order valence-corrected chi connectivity index (χ2v) is 7.02. The van der Waals surface area contributed by atoms with Crippen molar-refractivity contribution in [3.8, 4) is 0 Å². The molecule has 8 heteroatoms. The van der Waals surface area contributed by atoms with Crippen LogP contribution in [0.5, 0.6) is 0 Å². The number of rotatable bonds is 2. The summed E-state index contributed by atoms with van der Waals surface area (Å²) in [6.45, 7) is 1.62. The van der Waals surface area contributed by atoms with Gasteiger partial charge in [-0.3, -0.25) is 9.59 Å². The molecule has 130 valence electrons. The topological polar surface area (TPSA) is 75.6 Å². The lowest BCUT2D eigenvalue weighted by Crippen LogP contribution is -2.62. The van der Waals surface area contributed by atoms with Crippen LogP contribution in [0.2, 0.25) is 0 Å². The first kappa shape index (κ1) is 16.2. The summed E-state index contributed by atoms with van der Waals surface area (Å²) in [6, 6.07) is 9.59. The molecule has 1 aromatic carbocycles. The van der Waals surface area contributed by atoms with Crippen molar-refractivity contribution in [3.05, 3.63) is 41.4 Å². The molecule has 2 amide bonds. The average molecular weight is 358 g/mol. The molecule has 1 atom stereocenters. The van der Waals surface area contributed by atoms with E-state index in [-0.39, 0.29) is 18.4 Å². The van der Waals surface area contributed by atoms with E-state index in [2.05, 4.69) is 9.59 Å². The molecule has 0 radical (unpaired) electrons. The van der Waals surface area contributed by atoms with Crippen molar-refractivity contribution in [1.29, 1.82) is 0 Å². The minimum Gasteiger partial charge on any atom is -0.361 e. The number of carbonyl (C=O) groups is 2. The highest BCUT2D eigenvalue weighted by Gasteiger charge is 2.44. The highest BCUT2D eigenvalue weighted by atomic mass is 32.1. The molecule has 1 spiro atoms. The highest BCUT2D eigenvalue weighted by molar-refractivity contribution is 7.03. The predicted octanol–water partition coefficient (Wildman–Crippen LogP) is 1.58. The molecule has 4 rings (SSSR count). The van der Waals surface area contributed by atoms with Crippen molar-refractivity contribution in [2.75, 3.05) is 31.1 Å². The molecule has 0 bridgehead atoms. The Bertz CT molecular complexity index is 767. The number of morpholine rings is 1. The first-order chi connectivity index (χ1) is 12.2. The van der Waals surface area contributed by atoms with Gasteiger partial charge in [-0.1, -0.05) is 22.7 Å². The number of nitrogens with zero attached hydrogens (tertiary/aromatic N) is 4. The number of piperidine rings is 1. The smallest absolute Gasteiger partial charge is 0.275 e. The van der Waals surface area contributed by atoms with Crippen molar-refractivity contribution < 1.29 is 14.3 Å². The number of carbonyl (C=O) groups excluding carboxylic acids is 2. The number of hydrogen-bond donors (Lipinski definition) is 0. The zero-order chi connectivity index (χ0) is 17.3. The van der Waals surface area contributed by atoms with Gasteiger partial charge in [-0.15, -0.1) is 5.10 Å². The molecule has 2 aromatic rings. The lowest BCUT2D eigenvalue weighted by molar-refractivity contribution is -0.144. The van der Waals surface area contributed by atoms with Crippen LogP contribution in [-0.2, 0) is 9.53 Å². The second kappa shape index (κ2) is 6.53. The molecule has 2 aliphatic rings. The fourth-order valence-corrected chi connectivity index (χ4v) is 3.93. The number of benzene rings is 1. The molecule has 3 heterocycles. The Hall–Kier alpha value is -2.32.